The van der Waals surface area contributed by atoms with Crippen LogP contribution in [0.4, 0.5) is 0 Å². The van der Waals surface area contributed by atoms with Crippen LogP contribution in [0, 0.1) is 4.64 Å². The lowest BCUT2D eigenvalue weighted by Gasteiger charge is -2.20. The number of phosphoric ester groups is 1. The summed E-state index contributed by atoms with van der Waals surface area (Å²) in [6.07, 6.45) is -4.24. The number of hydrogen-bond acceptors (Lipinski definition) is 10. The van der Waals surface area contributed by atoms with Crippen LogP contribution in [0.15, 0.2) is 36.5 Å². The minimum Gasteiger partial charge on any atom is -0.387 e. The average molecular weight is 533 g/mol. The summed E-state index contributed by atoms with van der Waals surface area (Å²) >= 11 is 5.41. The van der Waals surface area contributed by atoms with E-state index in [1.54, 1.807) is 18.2 Å². The molecule has 32 heavy (non-hydrogen) atoms. The summed E-state index contributed by atoms with van der Waals surface area (Å²) in [4.78, 5) is 35.7. The molecule has 2 heterocycles. The highest BCUT2D eigenvalue weighted by Gasteiger charge is 2.46. The standard InChI is InChI=1S/C14H18NO13P3S/c16-11-10(7-25-30(21,22)28-31(23,24)27-29(18,19)20)26-13(12(11)17)15-6-5-8-3-1-2-4-9(8)14(15)32/h1-6,10-13,16-17H,7H2,(H,21,22)(H,23,24)(H2,18,19,20)/t10-,11+,12?,13-/m1/s1. The van der Waals surface area contributed by atoms with Gasteiger partial charge in [0.1, 0.15) is 23.0 Å². The third-order valence-electron chi connectivity index (χ3n) is 4.27. The zero-order chi connectivity index (χ0) is 23.9. The summed E-state index contributed by atoms with van der Waals surface area (Å²) in [5.74, 6) is 0. The van der Waals surface area contributed by atoms with E-state index in [-0.39, 0.29) is 4.64 Å². The van der Waals surface area contributed by atoms with E-state index in [4.69, 9.17) is 31.6 Å². The number of phosphoric acid groups is 3. The molecule has 0 saturated carbocycles. The lowest BCUT2D eigenvalue weighted by Crippen LogP contribution is -2.33. The van der Waals surface area contributed by atoms with Crippen molar-refractivity contribution in [1.82, 2.24) is 4.57 Å². The van der Waals surface area contributed by atoms with E-state index in [1.165, 1.54) is 10.8 Å². The van der Waals surface area contributed by atoms with Crippen LogP contribution in [0.1, 0.15) is 6.23 Å². The van der Waals surface area contributed by atoms with Gasteiger partial charge >= 0.3 is 23.5 Å². The molecule has 1 fully saturated rings. The predicted molar refractivity (Wildman–Crippen MR) is 109 cm³/mol. The Morgan fingerprint density at radius 1 is 0.969 bits per heavy atom. The van der Waals surface area contributed by atoms with E-state index in [0.717, 1.165) is 5.39 Å². The number of pyridine rings is 1. The van der Waals surface area contributed by atoms with Gasteiger partial charge in [0.05, 0.1) is 6.61 Å². The van der Waals surface area contributed by atoms with Crippen molar-refractivity contribution in [3.8, 4) is 0 Å². The van der Waals surface area contributed by atoms with E-state index in [9.17, 15) is 28.8 Å². The maximum Gasteiger partial charge on any atom is 0.490 e. The maximum absolute atomic E-state index is 11.8. The summed E-state index contributed by atoms with van der Waals surface area (Å²) < 4.78 is 52.7. The van der Waals surface area contributed by atoms with Crippen molar-refractivity contribution in [2.75, 3.05) is 6.61 Å². The van der Waals surface area contributed by atoms with Gasteiger partial charge < -0.3 is 39.1 Å². The van der Waals surface area contributed by atoms with Gasteiger partial charge in [-0.05, 0) is 11.5 Å². The molecule has 3 rings (SSSR count). The van der Waals surface area contributed by atoms with Crippen molar-refractivity contribution in [2.45, 2.75) is 24.5 Å². The Balaban J connectivity index is 1.71. The van der Waals surface area contributed by atoms with Crippen LogP contribution in [0.2, 0.25) is 0 Å². The fraction of sp³-hybridized carbons (Fsp3) is 0.357. The second-order valence-electron chi connectivity index (χ2n) is 6.55. The highest BCUT2D eigenvalue weighted by atomic mass is 32.1. The first kappa shape index (κ1) is 25.8. The Morgan fingerprint density at radius 3 is 2.28 bits per heavy atom. The third-order valence-corrected chi connectivity index (χ3v) is 8.50. The van der Waals surface area contributed by atoms with Gasteiger partial charge in [0, 0.05) is 11.6 Å². The Morgan fingerprint density at radius 2 is 1.62 bits per heavy atom. The molecule has 3 unspecified atom stereocenters. The molecule has 0 aliphatic carbocycles. The van der Waals surface area contributed by atoms with Crippen LogP contribution < -0.4 is 0 Å². The molecule has 0 spiro atoms. The normalized spacial score (nSPS) is 27.8. The van der Waals surface area contributed by atoms with Gasteiger partial charge in [-0.2, -0.15) is 8.62 Å². The van der Waals surface area contributed by atoms with Gasteiger partial charge in [0.15, 0.2) is 6.23 Å². The van der Waals surface area contributed by atoms with Crippen molar-refractivity contribution >= 4 is 46.5 Å². The smallest absolute Gasteiger partial charge is 0.387 e. The van der Waals surface area contributed by atoms with Crippen LogP contribution in [0.25, 0.3) is 10.8 Å². The van der Waals surface area contributed by atoms with Crippen molar-refractivity contribution in [1.29, 1.82) is 0 Å². The summed E-state index contributed by atoms with van der Waals surface area (Å²) in [6, 6.07) is 8.84. The fourth-order valence-corrected chi connectivity index (χ4v) is 6.35. The van der Waals surface area contributed by atoms with Crippen molar-refractivity contribution < 1.29 is 61.4 Å². The Kier molecular flexibility index (Phi) is 7.58. The minimum atomic E-state index is -5.69. The largest absolute Gasteiger partial charge is 0.490 e. The number of rotatable bonds is 8. The first-order chi connectivity index (χ1) is 14.7. The van der Waals surface area contributed by atoms with Gasteiger partial charge in [-0.25, -0.2) is 13.7 Å². The number of aromatic nitrogens is 1. The molecule has 14 nitrogen and oxygen atoms in total. The van der Waals surface area contributed by atoms with E-state index in [1.807, 2.05) is 12.1 Å². The third kappa shape index (κ3) is 6.17. The van der Waals surface area contributed by atoms with Crippen LogP contribution in [0.5, 0.6) is 0 Å². The topological polar surface area (TPSA) is 214 Å². The van der Waals surface area contributed by atoms with Crippen molar-refractivity contribution in [2.24, 2.45) is 0 Å². The lowest BCUT2D eigenvalue weighted by molar-refractivity contribution is -0.0525. The number of aliphatic hydroxyl groups is 2. The molecule has 6 atom stereocenters. The number of ether oxygens (including phenoxy) is 1. The summed E-state index contributed by atoms with van der Waals surface area (Å²) in [7, 11) is -16.6. The molecule has 0 radical (unpaired) electrons. The molecule has 1 aromatic carbocycles. The van der Waals surface area contributed by atoms with E-state index in [2.05, 4.69) is 13.1 Å². The van der Waals surface area contributed by atoms with Crippen LogP contribution in [0.3, 0.4) is 0 Å². The molecule has 18 heteroatoms. The van der Waals surface area contributed by atoms with Crippen LogP contribution >= 0.6 is 35.7 Å². The molecule has 1 aliphatic rings. The van der Waals surface area contributed by atoms with Gasteiger partial charge in [0.25, 0.3) is 0 Å². The molecule has 0 bridgehead atoms. The predicted octanol–water partition coefficient (Wildman–Crippen LogP) is 1.33. The first-order valence-corrected chi connectivity index (χ1v) is 13.5. The van der Waals surface area contributed by atoms with Crippen LogP contribution in [-0.4, -0.2) is 59.3 Å². The Labute approximate surface area is 185 Å². The van der Waals surface area contributed by atoms with Crippen molar-refractivity contribution in [3.05, 3.63) is 41.2 Å². The second-order valence-corrected chi connectivity index (χ2v) is 11.4. The quantitative estimate of drug-likeness (QED) is 0.209. The maximum atomic E-state index is 11.8. The number of hydrogen-bond donors (Lipinski definition) is 6. The summed E-state index contributed by atoms with van der Waals surface area (Å²) in [5, 5.41) is 22.1. The highest BCUT2D eigenvalue weighted by Crippen LogP contribution is 2.66. The number of benzene rings is 1. The second kappa shape index (κ2) is 9.41. The van der Waals surface area contributed by atoms with Gasteiger partial charge in [0.2, 0.25) is 0 Å². The molecular weight excluding hydrogens is 515 g/mol. The molecule has 6 N–H and O–H groups in total. The number of aliphatic hydroxyl groups excluding tert-OH is 2. The van der Waals surface area contributed by atoms with E-state index < -0.39 is 54.6 Å². The minimum absolute atomic E-state index is 0.285. The van der Waals surface area contributed by atoms with Crippen LogP contribution in [-0.2, 0) is 31.6 Å². The molecular formula is C14H18NO13P3S. The van der Waals surface area contributed by atoms with Gasteiger partial charge in [-0.1, -0.05) is 36.5 Å². The Hall–Kier alpha value is -0.860. The summed E-state index contributed by atoms with van der Waals surface area (Å²) in [6.45, 7) is -0.917. The first-order valence-electron chi connectivity index (χ1n) is 8.59. The lowest BCUT2D eigenvalue weighted by atomic mass is 10.1. The SMILES string of the molecule is O=P(O)(O)OP(=O)(O)OP(=O)(O)OC[C@H]1O[C@@H](n2ccc3ccccc3c2=S)C(O)[C@H]1O. The van der Waals surface area contributed by atoms with Crippen molar-refractivity contribution in [3.63, 3.8) is 0 Å². The highest BCUT2D eigenvalue weighted by molar-refractivity contribution is 7.71. The number of nitrogens with zero attached hydrogens (tertiary/aromatic N) is 1. The van der Waals surface area contributed by atoms with Gasteiger partial charge in [-0.3, -0.25) is 4.52 Å². The zero-order valence-corrected chi connectivity index (χ0v) is 19.2. The molecule has 1 saturated heterocycles. The number of fused-ring (bicyclic) bond motifs is 1. The summed E-state index contributed by atoms with van der Waals surface area (Å²) in [5.41, 5.74) is 0. The Bertz CT molecular complexity index is 1200. The fourth-order valence-electron chi connectivity index (χ4n) is 2.97. The van der Waals surface area contributed by atoms with E-state index >= 15 is 0 Å². The monoisotopic (exact) mass is 533 g/mol. The molecule has 178 valence electrons. The van der Waals surface area contributed by atoms with Gasteiger partial charge in [-0.15, -0.1) is 0 Å². The molecule has 1 aromatic heterocycles. The zero-order valence-electron chi connectivity index (χ0n) is 15.7. The molecule has 1 aliphatic heterocycles. The molecule has 0 amide bonds. The van der Waals surface area contributed by atoms with E-state index in [0.29, 0.717) is 5.39 Å². The average Bonchev–Trinajstić information content (AvgIpc) is 2.92. The molecule has 2 aromatic rings.